The summed E-state index contributed by atoms with van der Waals surface area (Å²) in [5.74, 6) is -4.50. The number of hydrogen-bond donors (Lipinski definition) is 3. The van der Waals surface area contributed by atoms with E-state index in [9.17, 15) is 31.9 Å². The molecule has 12 heteroatoms. The number of carbonyl (C=O) groups excluding carboxylic acids is 3. The number of halogens is 4. The Hall–Kier alpha value is -3.02. The molecule has 3 rings (SSSR count). The second-order valence-corrected chi connectivity index (χ2v) is 6.01. The number of carbonyl (C=O) groups is 4. The summed E-state index contributed by atoms with van der Waals surface area (Å²) in [7, 11) is 0. The fraction of sp³-hybridized carbons (Fsp3) is 0.375. The predicted octanol–water partition coefficient (Wildman–Crippen LogP) is 0.679. The summed E-state index contributed by atoms with van der Waals surface area (Å²) in [6.07, 6.45) is -4.65. The van der Waals surface area contributed by atoms with E-state index in [1.165, 1.54) is 11.0 Å². The maximum Gasteiger partial charge on any atom is 0.490 e. The first kappa shape index (κ1) is 21.3. The van der Waals surface area contributed by atoms with E-state index in [0.29, 0.717) is 5.56 Å². The number of rotatable bonds is 2. The zero-order chi connectivity index (χ0) is 21.2. The van der Waals surface area contributed by atoms with Crippen LogP contribution >= 0.6 is 0 Å². The quantitative estimate of drug-likeness (QED) is 0.490. The number of fused-ring (bicyclic) bond motifs is 1. The predicted molar refractivity (Wildman–Crippen MR) is 84.0 cm³/mol. The van der Waals surface area contributed by atoms with Crippen LogP contribution in [0.3, 0.4) is 0 Å². The van der Waals surface area contributed by atoms with Crippen molar-refractivity contribution in [1.82, 2.24) is 10.2 Å². The van der Waals surface area contributed by atoms with Gasteiger partial charge in [0.1, 0.15) is 11.9 Å². The van der Waals surface area contributed by atoms with E-state index >= 15 is 0 Å². The lowest BCUT2D eigenvalue weighted by Crippen LogP contribution is -2.52. The smallest absolute Gasteiger partial charge is 0.475 e. The summed E-state index contributed by atoms with van der Waals surface area (Å²) in [6.45, 7) is 0.174. The third kappa shape index (κ3) is 4.44. The van der Waals surface area contributed by atoms with Gasteiger partial charge in [-0.15, -0.1) is 0 Å². The summed E-state index contributed by atoms with van der Waals surface area (Å²) < 4.78 is 45.8. The number of hydrogen-bond acceptors (Lipinski definition) is 5. The fourth-order valence-corrected chi connectivity index (χ4v) is 2.79. The van der Waals surface area contributed by atoms with Gasteiger partial charge in [-0.25, -0.2) is 9.18 Å². The van der Waals surface area contributed by atoms with E-state index in [2.05, 4.69) is 5.32 Å². The first-order valence-electron chi connectivity index (χ1n) is 7.91. The number of nitrogens with two attached hydrogens (primary N) is 1. The Bertz CT molecular complexity index is 840. The molecule has 0 bridgehead atoms. The number of aliphatic carboxylic acids is 1. The molecule has 1 aromatic carbocycles. The van der Waals surface area contributed by atoms with Crippen LogP contribution in [0, 0.1) is 5.82 Å². The zero-order valence-corrected chi connectivity index (χ0v) is 14.2. The van der Waals surface area contributed by atoms with Gasteiger partial charge in [-0.3, -0.25) is 19.7 Å². The minimum Gasteiger partial charge on any atom is -0.475 e. The summed E-state index contributed by atoms with van der Waals surface area (Å²) in [4.78, 5) is 45.6. The molecule has 1 aromatic rings. The van der Waals surface area contributed by atoms with E-state index < -0.39 is 35.8 Å². The van der Waals surface area contributed by atoms with Crippen molar-refractivity contribution in [2.45, 2.75) is 38.1 Å². The molecule has 8 nitrogen and oxygen atoms in total. The molecular weight excluding hydrogens is 390 g/mol. The van der Waals surface area contributed by atoms with Crippen LogP contribution in [0.1, 0.15) is 34.3 Å². The van der Waals surface area contributed by atoms with Crippen LogP contribution in [-0.4, -0.2) is 45.9 Å². The normalized spacial score (nSPS) is 19.0. The number of amides is 3. The number of benzene rings is 1. The fourth-order valence-electron chi connectivity index (χ4n) is 2.79. The Morgan fingerprint density at radius 2 is 1.89 bits per heavy atom. The number of imide groups is 1. The highest BCUT2D eigenvalue weighted by molar-refractivity contribution is 6.05. The van der Waals surface area contributed by atoms with E-state index in [4.69, 9.17) is 15.6 Å². The molecule has 1 fully saturated rings. The van der Waals surface area contributed by atoms with Crippen LogP contribution in [0.5, 0.6) is 0 Å². The van der Waals surface area contributed by atoms with Crippen molar-refractivity contribution >= 4 is 23.7 Å². The molecule has 152 valence electrons. The standard InChI is InChI=1S/C14H14FN3O3.C2HF3O2/c15-10-4-7(5-16)3-8-9(10)6-18(14(8)21)11-1-2-12(19)17-13(11)20;3-2(4,5)1(6)7/h3-4,11H,1-2,5-6,16H2,(H,17,19,20);(H,6,7). The third-order valence-corrected chi connectivity index (χ3v) is 4.14. The summed E-state index contributed by atoms with van der Waals surface area (Å²) in [5.41, 5.74) is 6.54. The highest BCUT2D eigenvalue weighted by Crippen LogP contribution is 2.30. The van der Waals surface area contributed by atoms with Gasteiger partial charge in [-0.05, 0) is 24.1 Å². The van der Waals surface area contributed by atoms with E-state index in [0.717, 1.165) is 0 Å². The molecule has 0 spiro atoms. The Morgan fingerprint density at radius 1 is 1.29 bits per heavy atom. The van der Waals surface area contributed by atoms with Gasteiger partial charge < -0.3 is 15.7 Å². The number of alkyl halides is 3. The van der Waals surface area contributed by atoms with Gasteiger partial charge in [-0.2, -0.15) is 13.2 Å². The van der Waals surface area contributed by atoms with Gasteiger partial charge in [0.15, 0.2) is 0 Å². The topological polar surface area (TPSA) is 130 Å². The first-order valence-corrected chi connectivity index (χ1v) is 7.91. The van der Waals surface area contributed by atoms with Gasteiger partial charge in [0.25, 0.3) is 5.91 Å². The Labute approximate surface area is 155 Å². The molecule has 4 N–H and O–H groups in total. The lowest BCUT2D eigenvalue weighted by Gasteiger charge is -2.29. The average Bonchev–Trinajstić information content (AvgIpc) is 2.92. The lowest BCUT2D eigenvalue weighted by atomic mass is 10.0. The van der Waals surface area contributed by atoms with Crippen molar-refractivity contribution in [3.63, 3.8) is 0 Å². The molecule has 0 radical (unpaired) electrons. The molecule has 3 amide bonds. The van der Waals surface area contributed by atoms with E-state index in [1.807, 2.05) is 0 Å². The minimum absolute atomic E-state index is 0.0388. The highest BCUT2D eigenvalue weighted by Gasteiger charge is 2.40. The number of piperidine rings is 1. The van der Waals surface area contributed by atoms with Crippen molar-refractivity contribution in [2.75, 3.05) is 0 Å². The maximum atomic E-state index is 14.0. The SMILES string of the molecule is NCc1cc(F)c2c(c1)C(=O)N(C1CCC(=O)NC1=O)C2.O=C(O)C(F)(F)F. The van der Waals surface area contributed by atoms with Crippen molar-refractivity contribution in [1.29, 1.82) is 0 Å². The van der Waals surface area contributed by atoms with Crippen molar-refractivity contribution < 1.29 is 41.8 Å². The van der Waals surface area contributed by atoms with Crippen LogP contribution in [0.4, 0.5) is 17.6 Å². The Kier molecular flexibility index (Phi) is 6.02. The van der Waals surface area contributed by atoms with Gasteiger partial charge in [0.2, 0.25) is 11.8 Å². The Balaban J connectivity index is 0.000000345. The summed E-state index contributed by atoms with van der Waals surface area (Å²) >= 11 is 0. The molecule has 0 aliphatic carbocycles. The number of nitrogens with one attached hydrogen (secondary N) is 1. The van der Waals surface area contributed by atoms with Gasteiger partial charge in [-0.1, -0.05) is 0 Å². The molecule has 1 atom stereocenters. The molecule has 1 saturated heterocycles. The van der Waals surface area contributed by atoms with Gasteiger partial charge in [0, 0.05) is 24.1 Å². The minimum atomic E-state index is -5.08. The summed E-state index contributed by atoms with van der Waals surface area (Å²) in [5, 5.41) is 9.33. The maximum absolute atomic E-state index is 14.0. The average molecular weight is 405 g/mol. The highest BCUT2D eigenvalue weighted by atomic mass is 19.4. The van der Waals surface area contributed by atoms with Crippen LogP contribution in [0.25, 0.3) is 0 Å². The molecule has 28 heavy (non-hydrogen) atoms. The number of carboxylic acid groups (broad SMARTS) is 1. The van der Waals surface area contributed by atoms with E-state index in [1.54, 1.807) is 6.07 Å². The van der Waals surface area contributed by atoms with Crippen molar-refractivity contribution in [2.24, 2.45) is 5.73 Å². The van der Waals surface area contributed by atoms with Crippen LogP contribution in [0.2, 0.25) is 0 Å². The first-order chi connectivity index (χ1) is 13.0. The van der Waals surface area contributed by atoms with Crippen LogP contribution in [0.15, 0.2) is 12.1 Å². The molecule has 1 unspecified atom stereocenters. The van der Waals surface area contributed by atoms with Crippen LogP contribution < -0.4 is 11.1 Å². The van der Waals surface area contributed by atoms with Crippen LogP contribution in [-0.2, 0) is 27.5 Å². The molecule has 0 aromatic heterocycles. The van der Waals surface area contributed by atoms with E-state index in [-0.39, 0.29) is 43.0 Å². The van der Waals surface area contributed by atoms with Crippen molar-refractivity contribution in [3.8, 4) is 0 Å². The van der Waals surface area contributed by atoms with Crippen molar-refractivity contribution in [3.05, 3.63) is 34.6 Å². The molecular formula is C16H15F4N3O5. The third-order valence-electron chi connectivity index (χ3n) is 4.14. The summed E-state index contributed by atoms with van der Waals surface area (Å²) in [6, 6.07) is 2.13. The van der Waals surface area contributed by atoms with Gasteiger partial charge in [0.05, 0.1) is 6.54 Å². The zero-order valence-electron chi connectivity index (χ0n) is 14.2. The molecule has 2 aliphatic heterocycles. The second-order valence-electron chi connectivity index (χ2n) is 6.01. The largest absolute Gasteiger partial charge is 0.490 e. The second kappa shape index (κ2) is 7.92. The Morgan fingerprint density at radius 3 is 2.39 bits per heavy atom. The molecule has 2 heterocycles. The van der Waals surface area contributed by atoms with Gasteiger partial charge >= 0.3 is 12.1 Å². The molecule has 2 aliphatic rings. The lowest BCUT2D eigenvalue weighted by molar-refractivity contribution is -0.192. The number of nitrogens with zero attached hydrogens (tertiary/aromatic N) is 1. The monoisotopic (exact) mass is 405 g/mol. The number of carboxylic acids is 1. The molecule has 0 saturated carbocycles.